The minimum Gasteiger partial charge on any atom is -0.504 e. The summed E-state index contributed by atoms with van der Waals surface area (Å²) in [6.45, 7) is -0.462. The number of nitrogens with one attached hydrogen (secondary N) is 1. The lowest BCUT2D eigenvalue weighted by Gasteiger charge is -2.17. The Morgan fingerprint density at radius 2 is 1.69 bits per heavy atom. The predicted molar refractivity (Wildman–Crippen MR) is 120 cm³/mol. The summed E-state index contributed by atoms with van der Waals surface area (Å²) in [5, 5.41) is 53.7. The van der Waals surface area contributed by atoms with E-state index in [4.69, 9.17) is 18.9 Å². The van der Waals surface area contributed by atoms with Gasteiger partial charge in [0.05, 0.1) is 39.8 Å². The number of phenols is 2. The Morgan fingerprint density at radius 1 is 1.00 bits per heavy atom. The molecule has 0 amide bonds. The van der Waals surface area contributed by atoms with Crippen LogP contribution in [0.25, 0.3) is 17.2 Å². The molecule has 0 spiro atoms. The van der Waals surface area contributed by atoms with Crippen molar-refractivity contribution in [2.45, 2.75) is 24.5 Å². The molecule has 188 valence electrons. The average Bonchev–Trinajstić information content (AvgIpc) is 3.41. The smallest absolute Gasteiger partial charge is 0.211 e. The van der Waals surface area contributed by atoms with Gasteiger partial charge in [-0.1, -0.05) is 0 Å². The summed E-state index contributed by atoms with van der Waals surface area (Å²) in [5.74, 6) is -0.601. The highest BCUT2D eigenvalue weighted by Gasteiger charge is 2.44. The molecule has 14 heteroatoms. The number of hydrogen-bond acceptors (Lipinski definition) is 13. The molecule has 1 saturated heterocycles. The Hall–Kier alpha value is -3.85. The van der Waals surface area contributed by atoms with Gasteiger partial charge >= 0.3 is 0 Å². The van der Waals surface area contributed by atoms with Crippen molar-refractivity contribution in [2.24, 2.45) is 0 Å². The van der Waals surface area contributed by atoms with Gasteiger partial charge in [-0.25, -0.2) is 15.0 Å². The lowest BCUT2D eigenvalue weighted by molar-refractivity contribution is -0.0511. The molecule has 0 bridgehead atoms. The van der Waals surface area contributed by atoms with Crippen LogP contribution < -0.4 is 19.5 Å². The Morgan fingerprint density at radius 3 is 2.31 bits per heavy atom. The minimum atomic E-state index is -1.30. The Labute approximate surface area is 198 Å². The fraction of sp³-hybridized carbons (Fsp3) is 0.381. The van der Waals surface area contributed by atoms with E-state index in [1.807, 2.05) is 0 Å². The van der Waals surface area contributed by atoms with E-state index in [-0.39, 0.29) is 40.1 Å². The zero-order chi connectivity index (χ0) is 25.3. The van der Waals surface area contributed by atoms with E-state index in [2.05, 4.69) is 20.3 Å². The Balaban J connectivity index is 1.65. The highest BCUT2D eigenvalue weighted by molar-refractivity contribution is 5.84. The minimum absolute atomic E-state index is 0.0420. The number of imidazole rings is 1. The predicted octanol–water partition coefficient (Wildman–Crippen LogP) is -0.0424. The normalized spacial score (nSPS) is 22.1. The van der Waals surface area contributed by atoms with Crippen molar-refractivity contribution in [3.05, 3.63) is 24.4 Å². The second-order valence-corrected chi connectivity index (χ2v) is 7.46. The summed E-state index contributed by atoms with van der Waals surface area (Å²) in [6, 6.07) is 0. The van der Waals surface area contributed by atoms with Crippen molar-refractivity contribution in [2.75, 3.05) is 33.3 Å². The van der Waals surface area contributed by atoms with Gasteiger partial charge < -0.3 is 49.8 Å². The number of aromatic hydroxyl groups is 2. The van der Waals surface area contributed by atoms with Crippen molar-refractivity contribution in [3.63, 3.8) is 0 Å². The van der Waals surface area contributed by atoms with Crippen molar-refractivity contribution >= 4 is 23.1 Å². The lowest BCUT2D eigenvalue weighted by Crippen LogP contribution is -2.33. The summed E-state index contributed by atoms with van der Waals surface area (Å²) in [6.07, 6.45) is 0.947. The van der Waals surface area contributed by atoms with Gasteiger partial charge in [-0.3, -0.25) is 4.57 Å². The largest absolute Gasteiger partial charge is 0.504 e. The van der Waals surface area contributed by atoms with Crippen molar-refractivity contribution < 1.29 is 44.5 Å². The fourth-order valence-corrected chi connectivity index (χ4v) is 3.87. The first kappa shape index (κ1) is 24.3. The number of rotatable bonds is 8. The number of aliphatic hydroxyl groups excluding tert-OH is 3. The summed E-state index contributed by atoms with van der Waals surface area (Å²) in [4.78, 5) is 12.6. The van der Waals surface area contributed by atoms with Crippen molar-refractivity contribution in [1.29, 1.82) is 0 Å². The van der Waals surface area contributed by atoms with Gasteiger partial charge in [0.25, 0.3) is 0 Å². The fourth-order valence-electron chi connectivity index (χ4n) is 3.87. The van der Waals surface area contributed by atoms with E-state index in [1.165, 1.54) is 50.8 Å². The molecule has 4 atom stereocenters. The van der Waals surface area contributed by atoms with E-state index >= 15 is 0 Å². The summed E-state index contributed by atoms with van der Waals surface area (Å²) in [7, 11) is 3.95. The molecule has 1 aromatic carbocycles. The van der Waals surface area contributed by atoms with Crippen LogP contribution in [0.15, 0.2) is 18.9 Å². The number of aliphatic hydroxyl groups is 3. The van der Waals surface area contributed by atoms with Crippen LogP contribution in [-0.2, 0) is 4.74 Å². The molecule has 4 unspecified atom stereocenters. The lowest BCUT2D eigenvalue weighted by atomic mass is 10.1. The first-order chi connectivity index (χ1) is 16.9. The molecule has 35 heavy (non-hydrogen) atoms. The molecule has 1 aliphatic heterocycles. The number of anilines is 1. The summed E-state index contributed by atoms with van der Waals surface area (Å²) < 4.78 is 22.5. The first-order valence-corrected chi connectivity index (χ1v) is 10.3. The molecule has 3 aromatic rings. The molecular formula is C21H25N5O9. The number of fused-ring (bicyclic) bond motifs is 1. The van der Waals surface area contributed by atoms with E-state index < -0.39 is 31.1 Å². The molecule has 0 saturated carbocycles. The second kappa shape index (κ2) is 9.79. The van der Waals surface area contributed by atoms with Crippen LogP contribution in [0.4, 0.5) is 5.82 Å². The molecule has 0 radical (unpaired) electrons. The van der Waals surface area contributed by atoms with E-state index in [0.29, 0.717) is 11.2 Å². The number of ether oxygens (including phenoxy) is 4. The molecule has 2 aromatic heterocycles. The zero-order valence-electron chi connectivity index (χ0n) is 19.0. The maximum atomic E-state index is 10.6. The van der Waals surface area contributed by atoms with Crippen LogP contribution in [0, 0.1) is 0 Å². The number of nitrogens with zero attached hydrogens (tertiary/aromatic N) is 4. The van der Waals surface area contributed by atoms with Crippen LogP contribution in [0.3, 0.4) is 0 Å². The van der Waals surface area contributed by atoms with E-state index in [9.17, 15) is 25.5 Å². The van der Waals surface area contributed by atoms with Gasteiger partial charge in [0.2, 0.25) is 17.2 Å². The van der Waals surface area contributed by atoms with Gasteiger partial charge in [0.15, 0.2) is 34.7 Å². The third-order valence-corrected chi connectivity index (χ3v) is 5.58. The molecule has 1 fully saturated rings. The van der Waals surface area contributed by atoms with Gasteiger partial charge in [0.1, 0.15) is 24.6 Å². The maximum Gasteiger partial charge on any atom is 0.211 e. The number of hydrogen-bond donors (Lipinski definition) is 6. The van der Waals surface area contributed by atoms with Crippen LogP contribution >= 0.6 is 0 Å². The zero-order valence-corrected chi connectivity index (χ0v) is 19.0. The topological polar surface area (TPSA) is 194 Å². The highest BCUT2D eigenvalue weighted by Crippen LogP contribution is 2.52. The van der Waals surface area contributed by atoms with Gasteiger partial charge in [-0.2, -0.15) is 0 Å². The number of phenolic OH excluding ortho intramolecular Hbond substituents is 2. The standard InChI is InChI=1S/C21H25N5O9/c1-32-16-9(12(28)17(33-2)18(34-3)15(16)31)4-5-22-19-11-20(24-7-23-19)26(8-25-11)21-14(30)13(29)10(6-27)35-21/h4-5,7-8,10,13-14,21,27-31H,6H2,1-3H3,(H,22,23,24). The third-order valence-electron chi connectivity index (χ3n) is 5.58. The molecule has 1 aliphatic rings. The van der Waals surface area contributed by atoms with Crippen LogP contribution in [0.2, 0.25) is 0 Å². The SMILES string of the molecule is COc1c(O)c(OC)c(OC)c(O)c1C=CNc1ncnc2c1ncn2C1OC(CO)C(O)C1O. The second-order valence-electron chi connectivity index (χ2n) is 7.46. The van der Waals surface area contributed by atoms with Crippen molar-refractivity contribution in [1.82, 2.24) is 19.5 Å². The molecule has 14 nitrogen and oxygen atoms in total. The third kappa shape index (κ3) is 4.01. The first-order valence-electron chi connectivity index (χ1n) is 10.3. The van der Waals surface area contributed by atoms with Crippen LogP contribution in [0.5, 0.6) is 28.7 Å². The number of methoxy groups -OCH3 is 3. The van der Waals surface area contributed by atoms with Gasteiger partial charge in [-0.15, -0.1) is 0 Å². The maximum absolute atomic E-state index is 10.6. The van der Waals surface area contributed by atoms with Crippen LogP contribution in [0.1, 0.15) is 11.8 Å². The summed E-state index contributed by atoms with van der Waals surface area (Å²) >= 11 is 0. The van der Waals surface area contributed by atoms with E-state index in [1.54, 1.807) is 0 Å². The number of benzene rings is 1. The van der Waals surface area contributed by atoms with Gasteiger partial charge in [0, 0.05) is 6.20 Å². The quantitative estimate of drug-likeness (QED) is 0.230. The molecule has 6 N–H and O–H groups in total. The summed E-state index contributed by atoms with van der Waals surface area (Å²) in [5.41, 5.74) is 0.730. The Bertz CT molecular complexity index is 1250. The molecular weight excluding hydrogens is 466 g/mol. The van der Waals surface area contributed by atoms with E-state index in [0.717, 1.165) is 0 Å². The Kier molecular flexibility index (Phi) is 6.79. The average molecular weight is 491 g/mol. The van der Waals surface area contributed by atoms with Crippen molar-refractivity contribution in [3.8, 4) is 28.7 Å². The van der Waals surface area contributed by atoms with Gasteiger partial charge in [-0.05, 0) is 6.08 Å². The number of aromatic nitrogens is 4. The monoisotopic (exact) mass is 491 g/mol. The molecule has 4 rings (SSSR count). The molecule has 3 heterocycles. The highest BCUT2D eigenvalue weighted by atomic mass is 16.6. The van der Waals surface area contributed by atoms with Crippen LogP contribution in [-0.4, -0.2) is 91.3 Å². The molecule has 0 aliphatic carbocycles.